The van der Waals surface area contributed by atoms with Gasteiger partial charge in [-0.2, -0.15) is 0 Å². The fourth-order valence-corrected chi connectivity index (χ4v) is 1.73. The average Bonchev–Trinajstić information content (AvgIpc) is 2.33. The predicted octanol–water partition coefficient (Wildman–Crippen LogP) is 2.64. The van der Waals surface area contributed by atoms with Crippen LogP contribution in [0.25, 0.3) is 0 Å². The summed E-state index contributed by atoms with van der Waals surface area (Å²) in [6.45, 7) is 6.99. The third kappa shape index (κ3) is 4.61. The maximum atomic E-state index is 12.3. The minimum atomic E-state index is -0.639. The second kappa shape index (κ2) is 6.85. The number of rotatable bonds is 4. The smallest absolute Gasteiger partial charge is 0.416 e. The first-order valence-corrected chi connectivity index (χ1v) is 6.77. The van der Waals surface area contributed by atoms with Crippen LogP contribution in [0.1, 0.15) is 34.1 Å². The highest BCUT2D eigenvalue weighted by Crippen LogP contribution is 2.21. The summed E-state index contributed by atoms with van der Waals surface area (Å²) in [5, 5.41) is 9.67. The molecule has 0 aliphatic heterocycles. The SMILES string of the molecule is CCC(CO)N(C(=O)OC(C)(C)C)c1cc(Cl)ncn1. The zero-order chi connectivity index (χ0) is 15.3. The fraction of sp³-hybridized carbons (Fsp3) is 0.615. The van der Waals surface area contributed by atoms with E-state index in [-0.39, 0.29) is 11.8 Å². The number of nitrogens with zero attached hydrogens (tertiary/aromatic N) is 3. The van der Waals surface area contributed by atoms with Gasteiger partial charge < -0.3 is 9.84 Å². The molecule has 1 unspecified atom stereocenters. The molecule has 1 N–H and O–H groups in total. The lowest BCUT2D eigenvalue weighted by atomic mass is 10.2. The van der Waals surface area contributed by atoms with Gasteiger partial charge >= 0.3 is 6.09 Å². The lowest BCUT2D eigenvalue weighted by Crippen LogP contribution is -2.45. The number of aliphatic hydroxyl groups is 1. The Labute approximate surface area is 123 Å². The lowest BCUT2D eigenvalue weighted by Gasteiger charge is -2.31. The summed E-state index contributed by atoms with van der Waals surface area (Å²) in [7, 11) is 0. The number of hydrogen-bond acceptors (Lipinski definition) is 5. The number of aliphatic hydroxyl groups excluding tert-OH is 1. The van der Waals surface area contributed by atoms with Gasteiger partial charge in [0.1, 0.15) is 22.9 Å². The van der Waals surface area contributed by atoms with E-state index in [0.717, 1.165) is 0 Å². The normalized spacial score (nSPS) is 12.9. The van der Waals surface area contributed by atoms with Gasteiger partial charge in [-0.05, 0) is 27.2 Å². The molecule has 112 valence electrons. The van der Waals surface area contributed by atoms with Crippen LogP contribution in [0.3, 0.4) is 0 Å². The van der Waals surface area contributed by atoms with E-state index in [4.69, 9.17) is 16.3 Å². The van der Waals surface area contributed by atoms with Crippen LogP contribution < -0.4 is 4.90 Å². The van der Waals surface area contributed by atoms with Crippen LogP contribution >= 0.6 is 11.6 Å². The molecule has 0 saturated heterocycles. The lowest BCUT2D eigenvalue weighted by molar-refractivity contribution is 0.0548. The summed E-state index contributed by atoms with van der Waals surface area (Å²) in [6.07, 6.45) is 1.24. The molecule has 1 heterocycles. The van der Waals surface area contributed by atoms with Crippen molar-refractivity contribution < 1.29 is 14.6 Å². The molecule has 0 aromatic carbocycles. The summed E-state index contributed by atoms with van der Waals surface area (Å²) in [5.41, 5.74) is -0.639. The minimum absolute atomic E-state index is 0.197. The molecule has 0 radical (unpaired) electrons. The highest BCUT2D eigenvalue weighted by atomic mass is 35.5. The highest BCUT2D eigenvalue weighted by molar-refractivity contribution is 6.29. The van der Waals surface area contributed by atoms with Crippen molar-refractivity contribution in [1.29, 1.82) is 0 Å². The summed E-state index contributed by atoms with van der Waals surface area (Å²) >= 11 is 5.83. The van der Waals surface area contributed by atoms with Crippen LogP contribution in [0, 0.1) is 0 Å². The van der Waals surface area contributed by atoms with Crippen molar-refractivity contribution in [2.75, 3.05) is 11.5 Å². The van der Waals surface area contributed by atoms with Crippen molar-refractivity contribution in [2.24, 2.45) is 0 Å². The second-order valence-corrected chi connectivity index (χ2v) is 5.68. The summed E-state index contributed by atoms with van der Waals surface area (Å²) in [6, 6.07) is 1.03. The van der Waals surface area contributed by atoms with E-state index in [0.29, 0.717) is 12.2 Å². The summed E-state index contributed by atoms with van der Waals surface area (Å²) < 4.78 is 5.35. The average molecular weight is 302 g/mol. The number of anilines is 1. The first kappa shape index (κ1) is 16.7. The molecular weight excluding hydrogens is 282 g/mol. The zero-order valence-corrected chi connectivity index (χ0v) is 12.9. The number of carbonyl (C=O) groups excluding carboxylic acids is 1. The molecular formula is C13H20ClN3O3. The van der Waals surface area contributed by atoms with Crippen LogP contribution in [-0.2, 0) is 4.74 Å². The van der Waals surface area contributed by atoms with Crippen LogP contribution in [0.15, 0.2) is 12.4 Å². The van der Waals surface area contributed by atoms with Crippen LogP contribution in [0.2, 0.25) is 5.15 Å². The van der Waals surface area contributed by atoms with Gasteiger partial charge in [0.15, 0.2) is 0 Å². The molecule has 0 aliphatic carbocycles. The zero-order valence-electron chi connectivity index (χ0n) is 12.1. The van der Waals surface area contributed by atoms with Gasteiger partial charge in [-0.3, -0.25) is 4.90 Å². The van der Waals surface area contributed by atoms with Crippen LogP contribution in [0.5, 0.6) is 0 Å². The molecule has 0 fully saturated rings. The van der Waals surface area contributed by atoms with Gasteiger partial charge in [0, 0.05) is 6.07 Å². The number of halogens is 1. The Morgan fingerprint density at radius 1 is 1.50 bits per heavy atom. The van der Waals surface area contributed by atoms with Gasteiger partial charge in [0.25, 0.3) is 0 Å². The van der Waals surface area contributed by atoms with Crippen molar-refractivity contribution in [1.82, 2.24) is 9.97 Å². The molecule has 1 rings (SSSR count). The Morgan fingerprint density at radius 3 is 2.60 bits per heavy atom. The van der Waals surface area contributed by atoms with Crippen molar-refractivity contribution in [3.05, 3.63) is 17.5 Å². The maximum Gasteiger partial charge on any atom is 0.416 e. The monoisotopic (exact) mass is 301 g/mol. The second-order valence-electron chi connectivity index (χ2n) is 5.29. The van der Waals surface area contributed by atoms with Gasteiger partial charge in [-0.25, -0.2) is 14.8 Å². The number of ether oxygens (including phenoxy) is 1. The third-order valence-corrected chi connectivity index (χ3v) is 2.71. The number of aromatic nitrogens is 2. The van der Waals surface area contributed by atoms with E-state index in [1.54, 1.807) is 20.8 Å². The summed E-state index contributed by atoms with van der Waals surface area (Å²) in [4.78, 5) is 21.4. The van der Waals surface area contributed by atoms with Crippen molar-refractivity contribution >= 4 is 23.5 Å². The van der Waals surface area contributed by atoms with E-state index in [1.807, 2.05) is 6.92 Å². The minimum Gasteiger partial charge on any atom is -0.443 e. The highest BCUT2D eigenvalue weighted by Gasteiger charge is 2.29. The maximum absolute atomic E-state index is 12.3. The van der Waals surface area contributed by atoms with Crippen LogP contribution in [-0.4, -0.2) is 39.4 Å². The third-order valence-electron chi connectivity index (χ3n) is 2.50. The number of hydrogen-bond donors (Lipinski definition) is 1. The van der Waals surface area contributed by atoms with E-state index in [2.05, 4.69) is 9.97 Å². The molecule has 6 nitrogen and oxygen atoms in total. The Kier molecular flexibility index (Phi) is 5.71. The largest absolute Gasteiger partial charge is 0.443 e. The molecule has 20 heavy (non-hydrogen) atoms. The molecule has 1 aromatic rings. The van der Waals surface area contributed by atoms with E-state index in [9.17, 15) is 9.90 Å². The summed E-state index contributed by atoms with van der Waals surface area (Å²) in [5.74, 6) is 0.306. The van der Waals surface area contributed by atoms with E-state index >= 15 is 0 Å². The molecule has 0 bridgehead atoms. The molecule has 1 atom stereocenters. The molecule has 1 amide bonds. The standard InChI is InChI=1S/C13H20ClN3O3/c1-5-9(7-18)17(12(19)20-13(2,3)4)11-6-10(14)15-8-16-11/h6,8-9,18H,5,7H2,1-4H3. The molecule has 0 saturated carbocycles. The van der Waals surface area contributed by atoms with Crippen molar-refractivity contribution in [3.8, 4) is 0 Å². The first-order valence-electron chi connectivity index (χ1n) is 6.39. The number of amides is 1. The van der Waals surface area contributed by atoms with Gasteiger partial charge in [-0.15, -0.1) is 0 Å². The van der Waals surface area contributed by atoms with Crippen LogP contribution in [0.4, 0.5) is 10.6 Å². The quantitative estimate of drug-likeness (QED) is 0.865. The number of carbonyl (C=O) groups is 1. The predicted molar refractivity (Wildman–Crippen MR) is 76.9 cm³/mol. The fourth-order valence-electron chi connectivity index (χ4n) is 1.59. The molecule has 0 aliphatic rings. The Bertz CT molecular complexity index is 458. The van der Waals surface area contributed by atoms with Crippen molar-refractivity contribution in [3.63, 3.8) is 0 Å². The first-order chi connectivity index (χ1) is 9.28. The topological polar surface area (TPSA) is 75.5 Å². The Morgan fingerprint density at radius 2 is 2.15 bits per heavy atom. The molecule has 0 spiro atoms. The van der Waals surface area contributed by atoms with Gasteiger partial charge in [0.2, 0.25) is 0 Å². The Hall–Kier alpha value is -1.40. The van der Waals surface area contributed by atoms with E-state index in [1.165, 1.54) is 17.3 Å². The van der Waals surface area contributed by atoms with Crippen molar-refractivity contribution in [2.45, 2.75) is 45.8 Å². The van der Waals surface area contributed by atoms with E-state index < -0.39 is 17.7 Å². The Balaban J connectivity index is 3.11. The van der Waals surface area contributed by atoms with Gasteiger partial charge in [0.05, 0.1) is 12.6 Å². The van der Waals surface area contributed by atoms with Gasteiger partial charge in [-0.1, -0.05) is 18.5 Å². The molecule has 1 aromatic heterocycles. The molecule has 7 heteroatoms.